The van der Waals surface area contributed by atoms with Crippen LogP contribution in [0.2, 0.25) is 0 Å². The summed E-state index contributed by atoms with van der Waals surface area (Å²) in [6, 6.07) is -1.08. The van der Waals surface area contributed by atoms with Gasteiger partial charge < -0.3 is 15.7 Å². The van der Waals surface area contributed by atoms with E-state index in [0.717, 1.165) is 38.8 Å². The Morgan fingerprint density at radius 1 is 1.27 bits per heavy atom. The van der Waals surface area contributed by atoms with Crippen LogP contribution < -0.4 is 5.73 Å². The molecule has 1 unspecified atom stereocenters. The van der Waals surface area contributed by atoms with Gasteiger partial charge in [-0.25, -0.2) is 4.21 Å². The first kappa shape index (κ1) is 17.2. The van der Waals surface area contributed by atoms with E-state index in [2.05, 4.69) is 0 Å². The van der Waals surface area contributed by atoms with Crippen LogP contribution in [0.4, 0.5) is 0 Å². The van der Waals surface area contributed by atoms with E-state index in [1.165, 1.54) is 0 Å². The lowest BCUT2D eigenvalue weighted by atomic mass is 9.65. The van der Waals surface area contributed by atoms with Gasteiger partial charge in [0.15, 0.2) is 0 Å². The highest BCUT2D eigenvalue weighted by atomic mass is 32.2. The van der Waals surface area contributed by atoms with Crippen LogP contribution in [0.15, 0.2) is 0 Å². The quantitative estimate of drug-likeness (QED) is 0.601. The molecule has 7 nitrogen and oxygen atoms in total. The fraction of sp³-hybridized carbons (Fsp3) is 0.857. The normalized spacial score (nSPS) is 23.8. The van der Waals surface area contributed by atoms with Crippen molar-refractivity contribution in [1.82, 2.24) is 4.90 Å². The molecule has 2 atom stereocenters. The zero-order valence-corrected chi connectivity index (χ0v) is 13.6. The number of aliphatic carboxylic acids is 1. The lowest BCUT2D eigenvalue weighted by Gasteiger charge is -2.46. The number of carbonyl (C=O) groups excluding carboxylic acids is 1. The molecular weight excluding hydrogens is 306 g/mol. The molecule has 22 heavy (non-hydrogen) atoms. The van der Waals surface area contributed by atoms with E-state index in [9.17, 15) is 13.8 Å². The van der Waals surface area contributed by atoms with Gasteiger partial charge in [0.2, 0.25) is 5.91 Å². The molecule has 0 aromatic carbocycles. The second-order valence-corrected chi connectivity index (χ2v) is 8.92. The molecule has 0 spiro atoms. The van der Waals surface area contributed by atoms with Crippen molar-refractivity contribution in [3.8, 4) is 0 Å². The van der Waals surface area contributed by atoms with Crippen molar-refractivity contribution >= 4 is 21.6 Å². The average Bonchev–Trinajstić information content (AvgIpc) is 2.32. The maximum atomic E-state index is 12.5. The van der Waals surface area contributed by atoms with Gasteiger partial charge in [0.1, 0.15) is 6.04 Å². The standard InChI is InChI=1S/C14H25N3O4S/c15-11(12(18)19)3-9-22(16,21)10-6-14(4-1-5-14)13(20)17-7-2-8-17/h11,16H,1-10,15H2,(H,18,19)/t11-,22?/m0/s1. The molecule has 0 bridgehead atoms. The van der Waals surface area contributed by atoms with Gasteiger partial charge in [-0.15, -0.1) is 0 Å². The first-order valence-electron chi connectivity index (χ1n) is 7.78. The Morgan fingerprint density at radius 2 is 1.91 bits per heavy atom. The van der Waals surface area contributed by atoms with Crippen LogP contribution in [0.3, 0.4) is 0 Å². The molecule has 1 amide bonds. The number of carbonyl (C=O) groups is 2. The summed E-state index contributed by atoms with van der Waals surface area (Å²) in [7, 11) is -2.88. The van der Waals surface area contributed by atoms with Crippen LogP contribution in [0, 0.1) is 10.2 Å². The van der Waals surface area contributed by atoms with E-state index in [4.69, 9.17) is 15.6 Å². The minimum atomic E-state index is -2.88. The third kappa shape index (κ3) is 3.78. The number of rotatable bonds is 8. The van der Waals surface area contributed by atoms with Crippen molar-refractivity contribution < 1.29 is 18.9 Å². The zero-order chi connectivity index (χ0) is 16.4. The summed E-state index contributed by atoms with van der Waals surface area (Å²) < 4.78 is 20.2. The van der Waals surface area contributed by atoms with Crippen molar-refractivity contribution in [3.05, 3.63) is 0 Å². The molecule has 0 aromatic heterocycles. The van der Waals surface area contributed by atoms with E-state index in [1.807, 2.05) is 4.90 Å². The third-order valence-corrected chi connectivity index (χ3v) is 6.65. The van der Waals surface area contributed by atoms with Gasteiger partial charge in [0, 0.05) is 34.3 Å². The van der Waals surface area contributed by atoms with Crippen molar-refractivity contribution in [2.24, 2.45) is 11.1 Å². The summed E-state index contributed by atoms with van der Waals surface area (Å²) in [6.45, 7) is 1.62. The summed E-state index contributed by atoms with van der Waals surface area (Å²) in [5, 5.41) is 8.72. The highest BCUT2D eigenvalue weighted by molar-refractivity contribution is 7.92. The molecule has 1 aliphatic heterocycles. The van der Waals surface area contributed by atoms with Gasteiger partial charge >= 0.3 is 5.97 Å². The molecule has 1 heterocycles. The van der Waals surface area contributed by atoms with Gasteiger partial charge in [-0.2, -0.15) is 0 Å². The molecule has 8 heteroatoms. The van der Waals surface area contributed by atoms with Gasteiger partial charge in [-0.1, -0.05) is 6.42 Å². The van der Waals surface area contributed by atoms with E-state index in [-0.39, 0.29) is 23.8 Å². The Hall–Kier alpha value is -1.15. The number of nitrogens with one attached hydrogen (secondary N) is 1. The number of hydrogen-bond acceptors (Lipinski definition) is 5. The van der Waals surface area contributed by atoms with E-state index >= 15 is 0 Å². The molecule has 0 aromatic rings. The van der Waals surface area contributed by atoms with Gasteiger partial charge in [-0.3, -0.25) is 14.4 Å². The highest BCUT2D eigenvalue weighted by Crippen LogP contribution is 2.46. The second-order valence-electron chi connectivity index (χ2n) is 6.48. The van der Waals surface area contributed by atoms with Gasteiger partial charge in [0.05, 0.1) is 5.41 Å². The Bertz CT molecular complexity index is 538. The van der Waals surface area contributed by atoms with Crippen LogP contribution in [0.1, 0.15) is 38.5 Å². The fourth-order valence-electron chi connectivity index (χ4n) is 2.93. The van der Waals surface area contributed by atoms with Crippen LogP contribution in [-0.4, -0.2) is 56.7 Å². The fourth-order valence-corrected chi connectivity index (χ4v) is 4.49. The number of nitrogens with two attached hydrogens (primary N) is 1. The molecule has 126 valence electrons. The molecule has 2 fully saturated rings. The van der Waals surface area contributed by atoms with Crippen molar-refractivity contribution in [2.75, 3.05) is 24.6 Å². The molecule has 0 radical (unpaired) electrons. The second kappa shape index (κ2) is 6.54. The Morgan fingerprint density at radius 3 is 2.32 bits per heavy atom. The van der Waals surface area contributed by atoms with E-state index < -0.39 is 27.2 Å². The largest absolute Gasteiger partial charge is 0.480 e. The Balaban J connectivity index is 1.86. The predicted octanol–water partition coefficient (Wildman–Crippen LogP) is 0.628. The molecule has 2 rings (SSSR count). The maximum Gasteiger partial charge on any atom is 0.320 e. The smallest absolute Gasteiger partial charge is 0.320 e. The lowest BCUT2D eigenvalue weighted by Crippen LogP contribution is -2.53. The average molecular weight is 331 g/mol. The summed E-state index contributed by atoms with van der Waals surface area (Å²) in [4.78, 5) is 25.0. The molecule has 1 saturated carbocycles. The predicted molar refractivity (Wildman–Crippen MR) is 82.9 cm³/mol. The maximum absolute atomic E-state index is 12.5. The van der Waals surface area contributed by atoms with Gasteiger partial charge in [0.25, 0.3) is 0 Å². The summed E-state index contributed by atoms with van der Waals surface area (Å²) in [6.07, 6.45) is 4.17. The molecule has 1 saturated heterocycles. The van der Waals surface area contributed by atoms with E-state index in [1.54, 1.807) is 0 Å². The first-order chi connectivity index (χ1) is 10.3. The number of carboxylic acid groups (broad SMARTS) is 1. The van der Waals surface area contributed by atoms with Crippen LogP contribution >= 0.6 is 0 Å². The third-order valence-electron chi connectivity index (χ3n) is 4.89. The topological polar surface area (TPSA) is 125 Å². The van der Waals surface area contributed by atoms with Crippen molar-refractivity contribution in [2.45, 2.75) is 44.6 Å². The molecule has 2 aliphatic rings. The molecular formula is C14H25N3O4S. The summed E-state index contributed by atoms with van der Waals surface area (Å²) in [5.74, 6) is -0.853. The molecule has 1 aliphatic carbocycles. The minimum Gasteiger partial charge on any atom is -0.480 e. The van der Waals surface area contributed by atoms with Crippen molar-refractivity contribution in [1.29, 1.82) is 4.78 Å². The molecule has 4 N–H and O–H groups in total. The monoisotopic (exact) mass is 331 g/mol. The number of hydrogen-bond donors (Lipinski definition) is 3. The first-order valence-corrected chi connectivity index (χ1v) is 9.67. The van der Waals surface area contributed by atoms with Crippen LogP contribution in [0.25, 0.3) is 0 Å². The Kier molecular flexibility index (Phi) is 5.11. The number of carboxylic acids is 1. The summed E-state index contributed by atoms with van der Waals surface area (Å²) in [5.41, 5.74) is 4.97. The minimum absolute atomic E-state index is 0.0194. The zero-order valence-electron chi connectivity index (χ0n) is 12.8. The van der Waals surface area contributed by atoms with Crippen molar-refractivity contribution in [3.63, 3.8) is 0 Å². The van der Waals surface area contributed by atoms with Crippen LogP contribution in [-0.2, 0) is 19.3 Å². The van der Waals surface area contributed by atoms with E-state index in [0.29, 0.717) is 6.42 Å². The van der Waals surface area contributed by atoms with Crippen LogP contribution in [0.5, 0.6) is 0 Å². The summed E-state index contributed by atoms with van der Waals surface area (Å²) >= 11 is 0. The number of amides is 1. The SMILES string of the molecule is N=S(=O)(CC[C@H](N)C(=O)O)CCC1(C(=O)N2CCC2)CCC1. The Labute approximate surface area is 131 Å². The van der Waals surface area contributed by atoms with Gasteiger partial charge in [-0.05, 0) is 32.1 Å². The number of nitrogens with zero attached hydrogens (tertiary/aromatic N) is 1. The lowest BCUT2D eigenvalue weighted by molar-refractivity contribution is -0.151. The highest BCUT2D eigenvalue weighted by Gasteiger charge is 2.47. The number of likely N-dealkylation sites (tertiary alicyclic amines) is 1.